The monoisotopic (exact) mass is 269 g/mol. The summed E-state index contributed by atoms with van der Waals surface area (Å²) in [5.41, 5.74) is 9.06. The van der Waals surface area contributed by atoms with Crippen LogP contribution in [-0.4, -0.2) is 9.97 Å². The minimum absolute atomic E-state index is 0.490. The van der Waals surface area contributed by atoms with Crippen molar-refractivity contribution in [2.45, 2.75) is 17.3 Å². The molecular formula is C15H15N3S. The molecule has 3 nitrogen and oxygen atoms in total. The first kappa shape index (κ1) is 12.3. The molecule has 3 aromatic rings. The second kappa shape index (κ2) is 5.47. The number of hydrogen-bond acceptors (Lipinski definition) is 3. The number of benzene rings is 1. The van der Waals surface area contributed by atoms with Crippen LogP contribution in [0.15, 0.2) is 53.7 Å². The number of nitrogens with zero attached hydrogens (tertiary/aromatic N) is 1. The predicted molar refractivity (Wildman–Crippen MR) is 80.0 cm³/mol. The maximum Gasteiger partial charge on any atom is 0.0735 e. The van der Waals surface area contributed by atoms with E-state index in [0.29, 0.717) is 6.54 Å². The molecule has 4 heteroatoms. The van der Waals surface area contributed by atoms with Crippen molar-refractivity contribution in [1.29, 1.82) is 0 Å². The summed E-state index contributed by atoms with van der Waals surface area (Å²) in [5.74, 6) is 0.882. The van der Waals surface area contributed by atoms with E-state index in [9.17, 15) is 0 Å². The maximum atomic E-state index is 5.70. The molecular weight excluding hydrogens is 254 g/mol. The lowest BCUT2D eigenvalue weighted by molar-refractivity contribution is 0.964. The van der Waals surface area contributed by atoms with Crippen LogP contribution < -0.4 is 5.73 Å². The summed E-state index contributed by atoms with van der Waals surface area (Å²) in [5, 5.41) is 2.42. The number of aromatic nitrogens is 2. The van der Waals surface area contributed by atoms with Gasteiger partial charge in [0.25, 0.3) is 0 Å². The Hall–Kier alpha value is -1.78. The molecule has 0 saturated carbocycles. The summed E-state index contributed by atoms with van der Waals surface area (Å²) >= 11 is 1.78. The average molecular weight is 269 g/mol. The lowest BCUT2D eigenvalue weighted by Crippen LogP contribution is -2.03. The van der Waals surface area contributed by atoms with E-state index in [2.05, 4.69) is 40.3 Å². The summed E-state index contributed by atoms with van der Waals surface area (Å²) in [6.45, 7) is 0.490. The van der Waals surface area contributed by atoms with Gasteiger partial charge in [0, 0.05) is 29.4 Å². The highest BCUT2D eigenvalue weighted by molar-refractivity contribution is 7.98. The quantitative estimate of drug-likeness (QED) is 0.714. The third-order valence-electron chi connectivity index (χ3n) is 3.07. The van der Waals surface area contributed by atoms with Crippen molar-refractivity contribution in [2.24, 2.45) is 5.73 Å². The zero-order chi connectivity index (χ0) is 13.1. The van der Waals surface area contributed by atoms with E-state index < -0.39 is 0 Å². The lowest BCUT2D eigenvalue weighted by Gasteiger charge is -2.04. The van der Waals surface area contributed by atoms with Crippen molar-refractivity contribution in [2.75, 3.05) is 0 Å². The highest BCUT2D eigenvalue weighted by atomic mass is 32.2. The Morgan fingerprint density at radius 1 is 1.16 bits per heavy atom. The van der Waals surface area contributed by atoms with Gasteiger partial charge in [-0.05, 0) is 23.8 Å². The normalized spacial score (nSPS) is 11.0. The molecule has 3 rings (SSSR count). The van der Waals surface area contributed by atoms with Gasteiger partial charge in [-0.1, -0.05) is 24.3 Å². The molecule has 0 radical (unpaired) electrons. The molecule has 0 aliphatic heterocycles. The summed E-state index contributed by atoms with van der Waals surface area (Å²) in [6, 6.07) is 14.5. The third kappa shape index (κ3) is 2.64. The number of nitrogens with one attached hydrogen (secondary N) is 1. The van der Waals surface area contributed by atoms with Crippen molar-refractivity contribution in [3.05, 3.63) is 59.9 Å². The summed E-state index contributed by atoms with van der Waals surface area (Å²) in [6.07, 6.45) is 1.79. The second-order valence-electron chi connectivity index (χ2n) is 4.32. The first-order chi connectivity index (χ1) is 9.36. The predicted octanol–water partition coefficient (Wildman–Crippen LogP) is 3.31. The average Bonchev–Trinajstić information content (AvgIpc) is 2.88. The van der Waals surface area contributed by atoms with Gasteiger partial charge in [0.2, 0.25) is 0 Å². The van der Waals surface area contributed by atoms with Crippen molar-refractivity contribution >= 4 is 22.7 Å². The van der Waals surface area contributed by atoms with Gasteiger partial charge in [0.15, 0.2) is 0 Å². The van der Waals surface area contributed by atoms with Crippen LogP contribution in [0.1, 0.15) is 11.3 Å². The number of para-hydroxylation sites is 1. The molecule has 96 valence electrons. The molecule has 2 heterocycles. The number of thioether (sulfide) groups is 1. The van der Waals surface area contributed by atoms with Crippen LogP contribution in [0.25, 0.3) is 10.9 Å². The molecule has 0 amide bonds. The van der Waals surface area contributed by atoms with Crippen LogP contribution >= 0.6 is 11.8 Å². The van der Waals surface area contributed by atoms with Crippen LogP contribution in [-0.2, 0) is 12.3 Å². The Labute approximate surface area is 116 Å². The first-order valence-electron chi connectivity index (χ1n) is 6.20. The van der Waals surface area contributed by atoms with Crippen molar-refractivity contribution < 1.29 is 0 Å². The Kier molecular flexibility index (Phi) is 3.53. The topological polar surface area (TPSA) is 54.7 Å². The fourth-order valence-corrected chi connectivity index (χ4v) is 3.03. The molecule has 0 unspecified atom stereocenters. The molecule has 0 saturated heterocycles. The smallest absolute Gasteiger partial charge is 0.0735 e. The molecule has 0 aliphatic rings. The highest BCUT2D eigenvalue weighted by Gasteiger charge is 2.04. The van der Waals surface area contributed by atoms with Gasteiger partial charge in [-0.25, -0.2) is 0 Å². The van der Waals surface area contributed by atoms with Gasteiger partial charge in [0.05, 0.1) is 10.7 Å². The van der Waals surface area contributed by atoms with Gasteiger partial charge in [0.1, 0.15) is 0 Å². The number of fused-ring (bicyclic) bond motifs is 1. The van der Waals surface area contributed by atoms with Crippen LogP contribution in [0.5, 0.6) is 0 Å². The standard InChI is InChI=1S/C15H15N3S/c16-9-14-12(5-3-7-17-14)10-19-15-8-11-4-1-2-6-13(11)18-15/h1-8,18H,9-10,16H2. The van der Waals surface area contributed by atoms with E-state index in [1.54, 1.807) is 18.0 Å². The summed E-state index contributed by atoms with van der Waals surface area (Å²) in [7, 11) is 0. The van der Waals surface area contributed by atoms with Gasteiger partial charge >= 0.3 is 0 Å². The molecule has 0 bridgehead atoms. The summed E-state index contributed by atoms with van der Waals surface area (Å²) < 4.78 is 0. The van der Waals surface area contributed by atoms with Crippen molar-refractivity contribution in [3.63, 3.8) is 0 Å². The van der Waals surface area contributed by atoms with Gasteiger partial charge in [-0.15, -0.1) is 11.8 Å². The van der Waals surface area contributed by atoms with E-state index in [0.717, 1.165) is 11.4 Å². The van der Waals surface area contributed by atoms with Gasteiger partial charge < -0.3 is 10.7 Å². The zero-order valence-electron chi connectivity index (χ0n) is 10.5. The van der Waals surface area contributed by atoms with Crippen molar-refractivity contribution in [3.8, 4) is 0 Å². The molecule has 1 aromatic carbocycles. The number of pyridine rings is 1. The first-order valence-corrected chi connectivity index (χ1v) is 7.19. The minimum atomic E-state index is 0.490. The number of aromatic amines is 1. The third-order valence-corrected chi connectivity index (χ3v) is 4.05. The van der Waals surface area contributed by atoms with E-state index in [-0.39, 0.29) is 0 Å². The molecule has 0 aliphatic carbocycles. The number of H-pyrrole nitrogens is 1. The fraction of sp³-hybridized carbons (Fsp3) is 0.133. The van der Waals surface area contributed by atoms with E-state index >= 15 is 0 Å². The molecule has 0 spiro atoms. The Balaban J connectivity index is 1.78. The van der Waals surface area contributed by atoms with E-state index in [1.165, 1.54) is 21.5 Å². The Morgan fingerprint density at radius 2 is 2.05 bits per heavy atom. The van der Waals surface area contributed by atoms with Gasteiger partial charge in [-0.3, -0.25) is 4.98 Å². The minimum Gasteiger partial charge on any atom is -0.350 e. The van der Waals surface area contributed by atoms with Crippen LogP contribution in [0.4, 0.5) is 0 Å². The van der Waals surface area contributed by atoms with E-state index in [4.69, 9.17) is 5.73 Å². The largest absolute Gasteiger partial charge is 0.350 e. The lowest BCUT2D eigenvalue weighted by atomic mass is 10.2. The number of nitrogens with two attached hydrogens (primary N) is 1. The van der Waals surface area contributed by atoms with Crippen LogP contribution in [0.2, 0.25) is 0 Å². The Morgan fingerprint density at radius 3 is 2.89 bits per heavy atom. The highest BCUT2D eigenvalue weighted by Crippen LogP contribution is 2.26. The molecule has 0 fully saturated rings. The number of hydrogen-bond donors (Lipinski definition) is 2. The zero-order valence-corrected chi connectivity index (χ0v) is 11.3. The Bertz CT molecular complexity index is 657. The van der Waals surface area contributed by atoms with Crippen LogP contribution in [0.3, 0.4) is 0 Å². The van der Waals surface area contributed by atoms with E-state index in [1.807, 2.05) is 12.1 Å². The van der Waals surface area contributed by atoms with Gasteiger partial charge in [-0.2, -0.15) is 0 Å². The summed E-state index contributed by atoms with van der Waals surface area (Å²) in [4.78, 5) is 7.72. The number of rotatable bonds is 4. The fourth-order valence-electron chi connectivity index (χ4n) is 2.07. The molecule has 0 atom stereocenters. The van der Waals surface area contributed by atoms with Crippen LogP contribution in [0, 0.1) is 0 Å². The SMILES string of the molecule is NCc1ncccc1CSc1cc2ccccc2[nH]1. The van der Waals surface area contributed by atoms with Crippen molar-refractivity contribution in [1.82, 2.24) is 9.97 Å². The molecule has 19 heavy (non-hydrogen) atoms. The molecule has 3 N–H and O–H groups in total. The molecule has 2 aromatic heterocycles. The maximum absolute atomic E-state index is 5.70. The second-order valence-corrected chi connectivity index (χ2v) is 5.34.